The lowest BCUT2D eigenvalue weighted by Crippen LogP contribution is -2.11. The Kier molecular flexibility index (Phi) is 6.48. The molecular formula is C30H25NO4. The molecule has 5 aromatic rings. The number of aryl methyl sites for hydroxylation is 1. The molecule has 1 aromatic heterocycles. The molecule has 0 aliphatic carbocycles. The number of benzene rings is 4. The summed E-state index contributed by atoms with van der Waals surface area (Å²) in [6.07, 6.45) is 3.22. The van der Waals surface area contributed by atoms with E-state index in [1.165, 1.54) is 0 Å². The van der Waals surface area contributed by atoms with E-state index < -0.39 is 6.16 Å². The highest BCUT2D eigenvalue weighted by molar-refractivity contribution is 5.96. The van der Waals surface area contributed by atoms with E-state index in [9.17, 15) is 9.90 Å². The smallest absolute Gasteiger partial charge is 0.493 e. The van der Waals surface area contributed by atoms with E-state index in [4.69, 9.17) is 9.47 Å². The van der Waals surface area contributed by atoms with Crippen LogP contribution in [0.4, 0.5) is 4.79 Å². The standard InChI is InChI=1S/C30H25NO4/c32-30(33)35-29-26(19-18-22-10-2-1-3-11-22)25-15-6-7-16-27(25)31(29)20-9-21-34-28-17-8-13-23-12-4-5-14-24(23)28/h1-8,10-19H,9,20-21H2,(H,32,33)/b19-18+. The van der Waals surface area contributed by atoms with Gasteiger partial charge in [0.25, 0.3) is 0 Å². The van der Waals surface area contributed by atoms with Crippen LogP contribution in [0.15, 0.2) is 97.1 Å². The predicted molar refractivity (Wildman–Crippen MR) is 140 cm³/mol. The fraction of sp³-hybridized carbons (Fsp3) is 0.100. The lowest BCUT2D eigenvalue weighted by molar-refractivity contribution is 0.140. The molecule has 0 aliphatic rings. The van der Waals surface area contributed by atoms with Crippen LogP contribution in [0, 0.1) is 0 Å². The van der Waals surface area contributed by atoms with Crippen molar-refractivity contribution in [1.29, 1.82) is 0 Å². The Morgan fingerprint density at radius 3 is 2.34 bits per heavy atom. The number of carboxylic acid groups (broad SMARTS) is 1. The number of carbonyl (C=O) groups is 1. The zero-order valence-electron chi connectivity index (χ0n) is 19.1. The first kappa shape index (κ1) is 22.3. The highest BCUT2D eigenvalue weighted by Crippen LogP contribution is 2.34. The van der Waals surface area contributed by atoms with Gasteiger partial charge in [0.2, 0.25) is 5.88 Å². The van der Waals surface area contributed by atoms with Crippen molar-refractivity contribution in [1.82, 2.24) is 4.57 Å². The highest BCUT2D eigenvalue weighted by Gasteiger charge is 2.19. The largest absolute Gasteiger partial charge is 0.512 e. The molecule has 5 heteroatoms. The van der Waals surface area contributed by atoms with Gasteiger partial charge in [0.15, 0.2) is 0 Å². The number of hydrogen-bond acceptors (Lipinski definition) is 3. The maximum atomic E-state index is 11.6. The van der Waals surface area contributed by atoms with Gasteiger partial charge in [-0.05, 0) is 35.6 Å². The number of fused-ring (bicyclic) bond motifs is 2. The number of para-hydroxylation sites is 1. The quantitative estimate of drug-likeness (QED) is 0.191. The van der Waals surface area contributed by atoms with Gasteiger partial charge in [0.1, 0.15) is 5.75 Å². The summed E-state index contributed by atoms with van der Waals surface area (Å²) in [4.78, 5) is 11.6. The molecule has 0 bridgehead atoms. The predicted octanol–water partition coefficient (Wildman–Crippen LogP) is 7.49. The van der Waals surface area contributed by atoms with Crippen LogP contribution in [0.1, 0.15) is 17.5 Å². The van der Waals surface area contributed by atoms with Crippen LogP contribution in [0.3, 0.4) is 0 Å². The van der Waals surface area contributed by atoms with E-state index in [0.717, 1.165) is 38.6 Å². The molecule has 0 saturated heterocycles. The second kappa shape index (κ2) is 10.2. The lowest BCUT2D eigenvalue weighted by Gasteiger charge is -2.12. The Bertz CT molecular complexity index is 1500. The monoisotopic (exact) mass is 463 g/mol. The molecule has 5 nitrogen and oxygen atoms in total. The Labute approximate surface area is 203 Å². The van der Waals surface area contributed by atoms with E-state index in [0.29, 0.717) is 25.5 Å². The van der Waals surface area contributed by atoms with Crippen LogP contribution < -0.4 is 9.47 Å². The van der Waals surface area contributed by atoms with Crippen molar-refractivity contribution in [3.63, 3.8) is 0 Å². The van der Waals surface area contributed by atoms with Crippen LogP contribution >= 0.6 is 0 Å². The van der Waals surface area contributed by atoms with Gasteiger partial charge < -0.3 is 19.1 Å². The molecule has 5 rings (SSSR count). The van der Waals surface area contributed by atoms with Crippen molar-refractivity contribution >= 4 is 40.0 Å². The third kappa shape index (κ3) is 4.89. The Morgan fingerprint density at radius 2 is 1.51 bits per heavy atom. The zero-order valence-corrected chi connectivity index (χ0v) is 19.1. The number of nitrogens with zero attached hydrogens (tertiary/aromatic N) is 1. The minimum atomic E-state index is -1.34. The molecule has 1 heterocycles. The molecule has 35 heavy (non-hydrogen) atoms. The van der Waals surface area contributed by atoms with Crippen molar-refractivity contribution in [3.8, 4) is 11.6 Å². The molecule has 0 radical (unpaired) electrons. The van der Waals surface area contributed by atoms with E-state index >= 15 is 0 Å². The van der Waals surface area contributed by atoms with Gasteiger partial charge in [0, 0.05) is 22.9 Å². The van der Waals surface area contributed by atoms with E-state index in [2.05, 4.69) is 12.1 Å². The summed E-state index contributed by atoms with van der Waals surface area (Å²) >= 11 is 0. The number of hydrogen-bond donors (Lipinski definition) is 1. The topological polar surface area (TPSA) is 60.7 Å². The minimum Gasteiger partial charge on any atom is -0.493 e. The molecule has 0 aliphatic heterocycles. The number of rotatable bonds is 8. The maximum Gasteiger partial charge on any atom is 0.512 e. The Balaban J connectivity index is 1.41. The van der Waals surface area contributed by atoms with Crippen LogP contribution in [-0.2, 0) is 6.54 Å². The fourth-order valence-electron chi connectivity index (χ4n) is 4.35. The van der Waals surface area contributed by atoms with Crippen molar-refractivity contribution < 1.29 is 19.4 Å². The first-order valence-corrected chi connectivity index (χ1v) is 11.6. The average Bonchev–Trinajstić information content (AvgIpc) is 3.17. The minimum absolute atomic E-state index is 0.316. The van der Waals surface area contributed by atoms with E-state index in [-0.39, 0.29) is 0 Å². The first-order chi connectivity index (χ1) is 17.2. The van der Waals surface area contributed by atoms with Gasteiger partial charge in [-0.3, -0.25) is 0 Å². The third-order valence-electron chi connectivity index (χ3n) is 5.92. The highest BCUT2D eigenvalue weighted by atomic mass is 16.7. The van der Waals surface area contributed by atoms with Crippen LogP contribution in [0.25, 0.3) is 33.8 Å². The van der Waals surface area contributed by atoms with Crippen LogP contribution in [0.5, 0.6) is 11.6 Å². The second-order valence-electron chi connectivity index (χ2n) is 8.18. The lowest BCUT2D eigenvalue weighted by atomic mass is 10.1. The molecule has 0 fully saturated rings. The number of ether oxygens (including phenoxy) is 2. The van der Waals surface area contributed by atoms with Gasteiger partial charge in [-0.25, -0.2) is 4.79 Å². The normalized spacial score (nSPS) is 11.3. The summed E-state index contributed by atoms with van der Waals surface area (Å²) in [6.45, 7) is 1.04. The zero-order chi connectivity index (χ0) is 24.0. The van der Waals surface area contributed by atoms with Crippen molar-refractivity contribution in [2.45, 2.75) is 13.0 Å². The molecule has 1 N–H and O–H groups in total. The summed E-state index contributed by atoms with van der Waals surface area (Å²) in [6, 6.07) is 31.9. The van der Waals surface area contributed by atoms with Crippen molar-refractivity contribution in [3.05, 3.63) is 108 Å². The van der Waals surface area contributed by atoms with Gasteiger partial charge in [-0.2, -0.15) is 0 Å². The Hall–Kier alpha value is -4.51. The molecule has 0 amide bonds. The summed E-state index contributed by atoms with van der Waals surface area (Å²) in [7, 11) is 0. The van der Waals surface area contributed by atoms with Gasteiger partial charge in [-0.1, -0.05) is 91.0 Å². The molecule has 0 saturated carbocycles. The van der Waals surface area contributed by atoms with E-state index in [1.54, 1.807) is 0 Å². The summed E-state index contributed by atoms with van der Waals surface area (Å²) in [5, 5.41) is 12.6. The summed E-state index contributed by atoms with van der Waals surface area (Å²) in [5.41, 5.74) is 2.68. The van der Waals surface area contributed by atoms with E-state index in [1.807, 2.05) is 102 Å². The molecule has 0 spiro atoms. The summed E-state index contributed by atoms with van der Waals surface area (Å²) in [5.74, 6) is 1.16. The first-order valence-electron chi connectivity index (χ1n) is 11.6. The molecule has 0 unspecified atom stereocenters. The molecule has 174 valence electrons. The summed E-state index contributed by atoms with van der Waals surface area (Å²) < 4.78 is 13.3. The van der Waals surface area contributed by atoms with Gasteiger partial charge >= 0.3 is 6.16 Å². The van der Waals surface area contributed by atoms with Crippen molar-refractivity contribution in [2.75, 3.05) is 6.61 Å². The molecule has 0 atom stereocenters. The van der Waals surface area contributed by atoms with Crippen LogP contribution in [0.2, 0.25) is 0 Å². The van der Waals surface area contributed by atoms with Crippen molar-refractivity contribution in [2.24, 2.45) is 0 Å². The molecular weight excluding hydrogens is 438 g/mol. The maximum absolute atomic E-state index is 11.6. The van der Waals surface area contributed by atoms with Gasteiger partial charge in [0.05, 0.1) is 12.1 Å². The third-order valence-corrected chi connectivity index (χ3v) is 5.92. The second-order valence-corrected chi connectivity index (χ2v) is 8.18. The fourth-order valence-corrected chi connectivity index (χ4v) is 4.35. The number of aromatic nitrogens is 1. The average molecular weight is 464 g/mol. The molecule has 4 aromatic carbocycles. The van der Waals surface area contributed by atoms with Crippen LogP contribution in [-0.4, -0.2) is 22.4 Å². The Morgan fingerprint density at radius 1 is 0.800 bits per heavy atom. The van der Waals surface area contributed by atoms with Gasteiger partial charge in [-0.15, -0.1) is 0 Å². The SMILES string of the molecule is O=C(O)Oc1c(/C=C/c2ccccc2)c2ccccc2n1CCCOc1cccc2ccccc12.